The zero-order chi connectivity index (χ0) is 12.3. The Hall–Kier alpha value is -1.49. The van der Waals surface area contributed by atoms with E-state index in [-0.39, 0.29) is 0 Å². The van der Waals surface area contributed by atoms with Crippen LogP contribution < -0.4 is 5.73 Å². The first-order chi connectivity index (χ1) is 8.20. The quantitative estimate of drug-likeness (QED) is 0.667. The van der Waals surface area contributed by atoms with Gasteiger partial charge < -0.3 is 5.73 Å². The molecule has 0 radical (unpaired) electrons. The molecule has 5 heteroatoms. The van der Waals surface area contributed by atoms with Gasteiger partial charge in [0.15, 0.2) is 0 Å². The second kappa shape index (κ2) is 5.23. The highest BCUT2D eigenvalue weighted by atomic mass is 32.2. The molecule has 2 N–H and O–H groups in total. The van der Waals surface area contributed by atoms with E-state index in [9.17, 15) is 0 Å². The molecule has 2 aromatic rings. The number of anilines is 1. The lowest BCUT2D eigenvalue weighted by atomic mass is 10.2. The van der Waals surface area contributed by atoms with Crippen LogP contribution in [-0.4, -0.2) is 14.8 Å². The van der Waals surface area contributed by atoms with Gasteiger partial charge in [-0.3, -0.25) is 0 Å². The average Bonchev–Trinajstić information content (AvgIpc) is 2.77. The molecule has 0 fully saturated rings. The van der Waals surface area contributed by atoms with Gasteiger partial charge in [0, 0.05) is 17.1 Å². The van der Waals surface area contributed by atoms with Crippen LogP contribution in [0.3, 0.4) is 0 Å². The van der Waals surface area contributed by atoms with E-state index < -0.39 is 0 Å². The van der Waals surface area contributed by atoms with Crippen molar-refractivity contribution in [2.24, 2.45) is 0 Å². The van der Waals surface area contributed by atoms with Crippen molar-refractivity contribution in [3.8, 4) is 0 Å². The molecule has 0 saturated heterocycles. The molecular weight excluding hydrogens is 232 g/mol. The number of hydrogen-bond donors (Lipinski definition) is 1. The fourth-order valence-electron chi connectivity index (χ4n) is 1.58. The second-order valence-electron chi connectivity index (χ2n) is 3.81. The van der Waals surface area contributed by atoms with Gasteiger partial charge in [0.25, 0.3) is 0 Å². The molecule has 1 heterocycles. The topological polar surface area (TPSA) is 56.7 Å². The van der Waals surface area contributed by atoms with Crippen LogP contribution in [0.15, 0.2) is 29.4 Å². The molecular formula is C12H16N4S. The Morgan fingerprint density at radius 1 is 1.41 bits per heavy atom. The van der Waals surface area contributed by atoms with Crippen molar-refractivity contribution in [3.05, 3.63) is 35.9 Å². The normalized spacial score (nSPS) is 10.7. The van der Waals surface area contributed by atoms with Crippen molar-refractivity contribution in [2.75, 3.05) is 5.73 Å². The Balaban J connectivity index is 2.09. The monoisotopic (exact) mass is 248 g/mol. The summed E-state index contributed by atoms with van der Waals surface area (Å²) in [6.45, 7) is 5.01. The van der Waals surface area contributed by atoms with E-state index in [0.29, 0.717) is 0 Å². The smallest absolute Gasteiger partial charge is 0.138 e. The van der Waals surface area contributed by atoms with Gasteiger partial charge in [-0.1, -0.05) is 6.07 Å². The number of aryl methyl sites for hydroxylation is 2. The average molecular weight is 248 g/mol. The number of nitrogens with two attached hydrogens (primary N) is 1. The third-order valence-corrected chi connectivity index (χ3v) is 3.72. The number of nitrogen functional groups attached to an aromatic ring is 1. The number of thioether (sulfide) groups is 1. The van der Waals surface area contributed by atoms with Gasteiger partial charge in [-0.2, -0.15) is 5.10 Å². The molecule has 0 bridgehead atoms. The fraction of sp³-hybridized carbons (Fsp3) is 0.333. The van der Waals surface area contributed by atoms with Gasteiger partial charge in [-0.25, -0.2) is 9.67 Å². The first kappa shape index (κ1) is 12.0. The minimum absolute atomic E-state index is 0.801. The summed E-state index contributed by atoms with van der Waals surface area (Å²) in [5, 5.41) is 4.15. The van der Waals surface area contributed by atoms with Gasteiger partial charge in [-0.05, 0) is 31.5 Å². The highest BCUT2D eigenvalue weighted by Gasteiger charge is 2.05. The maximum Gasteiger partial charge on any atom is 0.138 e. The first-order valence-corrected chi connectivity index (χ1v) is 6.55. The van der Waals surface area contributed by atoms with Gasteiger partial charge in [-0.15, -0.1) is 11.8 Å². The number of hydrogen-bond acceptors (Lipinski definition) is 4. The van der Waals surface area contributed by atoms with Crippen LogP contribution in [0.1, 0.15) is 18.3 Å². The van der Waals surface area contributed by atoms with Crippen molar-refractivity contribution in [2.45, 2.75) is 31.0 Å². The van der Waals surface area contributed by atoms with Crippen LogP contribution in [0.4, 0.5) is 5.69 Å². The van der Waals surface area contributed by atoms with Gasteiger partial charge in [0.1, 0.15) is 12.2 Å². The molecule has 0 atom stereocenters. The number of rotatable bonds is 4. The summed E-state index contributed by atoms with van der Waals surface area (Å²) >= 11 is 1.75. The van der Waals surface area contributed by atoms with Gasteiger partial charge in [0.2, 0.25) is 0 Å². The summed E-state index contributed by atoms with van der Waals surface area (Å²) in [6.07, 6.45) is 1.60. The molecule has 0 aliphatic carbocycles. The molecule has 90 valence electrons. The standard InChI is InChI=1S/C12H16N4S/c1-3-16-12(14-8-15-16)7-17-11-6-10(13)5-4-9(11)2/h4-6,8H,3,7,13H2,1-2H3. The third-order valence-electron chi connectivity index (χ3n) is 2.56. The van der Waals surface area contributed by atoms with E-state index in [1.807, 2.05) is 22.9 Å². The Bertz CT molecular complexity index is 507. The molecule has 0 aliphatic heterocycles. The van der Waals surface area contributed by atoms with Crippen LogP contribution in [0, 0.1) is 6.92 Å². The molecule has 0 aliphatic rings. The first-order valence-electron chi connectivity index (χ1n) is 5.56. The summed E-state index contributed by atoms with van der Waals surface area (Å²) in [6, 6.07) is 5.98. The summed E-state index contributed by atoms with van der Waals surface area (Å²) in [7, 11) is 0. The van der Waals surface area contributed by atoms with Crippen molar-refractivity contribution >= 4 is 17.4 Å². The lowest BCUT2D eigenvalue weighted by molar-refractivity contribution is 0.632. The summed E-state index contributed by atoms with van der Waals surface area (Å²) in [4.78, 5) is 5.46. The maximum absolute atomic E-state index is 5.79. The second-order valence-corrected chi connectivity index (χ2v) is 4.82. The lowest BCUT2D eigenvalue weighted by Crippen LogP contribution is -2.02. The zero-order valence-electron chi connectivity index (χ0n) is 10.1. The molecule has 4 nitrogen and oxygen atoms in total. The number of benzene rings is 1. The minimum Gasteiger partial charge on any atom is -0.399 e. The van der Waals surface area contributed by atoms with E-state index in [1.54, 1.807) is 18.1 Å². The molecule has 2 rings (SSSR count). The van der Waals surface area contributed by atoms with Crippen LogP contribution in [-0.2, 0) is 12.3 Å². The summed E-state index contributed by atoms with van der Waals surface area (Å²) in [5.41, 5.74) is 7.83. The minimum atomic E-state index is 0.801. The molecule has 1 aromatic carbocycles. The zero-order valence-corrected chi connectivity index (χ0v) is 10.9. The third kappa shape index (κ3) is 2.79. The Morgan fingerprint density at radius 2 is 2.24 bits per heavy atom. The number of aromatic nitrogens is 3. The predicted octanol–water partition coefficient (Wildman–Crippen LogP) is 2.48. The van der Waals surface area contributed by atoms with Crippen molar-refractivity contribution in [3.63, 3.8) is 0 Å². The summed E-state index contributed by atoms with van der Waals surface area (Å²) < 4.78 is 1.91. The van der Waals surface area contributed by atoms with E-state index >= 15 is 0 Å². The van der Waals surface area contributed by atoms with E-state index in [0.717, 1.165) is 23.8 Å². The van der Waals surface area contributed by atoms with E-state index in [2.05, 4.69) is 23.9 Å². The van der Waals surface area contributed by atoms with E-state index in [4.69, 9.17) is 5.73 Å². The summed E-state index contributed by atoms with van der Waals surface area (Å²) in [5.74, 6) is 1.82. The Kier molecular flexibility index (Phi) is 3.68. The van der Waals surface area contributed by atoms with Crippen LogP contribution >= 0.6 is 11.8 Å². The SMILES string of the molecule is CCn1ncnc1CSc1cc(N)ccc1C. The molecule has 0 spiro atoms. The highest BCUT2D eigenvalue weighted by Crippen LogP contribution is 2.27. The van der Waals surface area contributed by atoms with Crippen LogP contribution in [0.5, 0.6) is 0 Å². The predicted molar refractivity (Wildman–Crippen MR) is 70.8 cm³/mol. The Labute approximate surface area is 105 Å². The molecule has 0 unspecified atom stereocenters. The van der Waals surface area contributed by atoms with Crippen LogP contribution in [0.25, 0.3) is 0 Å². The van der Waals surface area contributed by atoms with E-state index in [1.165, 1.54) is 10.5 Å². The Morgan fingerprint density at radius 3 is 3.00 bits per heavy atom. The van der Waals surface area contributed by atoms with Gasteiger partial charge in [0.05, 0.1) is 5.75 Å². The maximum atomic E-state index is 5.79. The van der Waals surface area contributed by atoms with Gasteiger partial charge >= 0.3 is 0 Å². The molecule has 0 amide bonds. The molecule has 17 heavy (non-hydrogen) atoms. The molecule has 1 aromatic heterocycles. The molecule has 0 saturated carbocycles. The highest BCUT2D eigenvalue weighted by molar-refractivity contribution is 7.98. The van der Waals surface area contributed by atoms with Crippen molar-refractivity contribution in [1.29, 1.82) is 0 Å². The fourth-order valence-corrected chi connectivity index (χ4v) is 2.60. The number of nitrogens with zero attached hydrogens (tertiary/aromatic N) is 3. The van der Waals surface area contributed by atoms with Crippen molar-refractivity contribution in [1.82, 2.24) is 14.8 Å². The lowest BCUT2D eigenvalue weighted by Gasteiger charge is -2.07. The largest absolute Gasteiger partial charge is 0.399 e. The van der Waals surface area contributed by atoms with Crippen LogP contribution in [0.2, 0.25) is 0 Å². The van der Waals surface area contributed by atoms with Crippen molar-refractivity contribution < 1.29 is 0 Å².